The van der Waals surface area contributed by atoms with Crippen LogP contribution in [0.5, 0.6) is 34.5 Å². The lowest BCUT2D eigenvalue weighted by atomic mass is 10.0. The Morgan fingerprint density at radius 3 is 2.27 bits per heavy atom. The molecule has 4 N–H and O–H groups in total. The predicted molar refractivity (Wildman–Crippen MR) is 112 cm³/mol. The maximum Gasteiger partial charge on any atom is 0.563 e. The molecule has 2 heterocycles. The van der Waals surface area contributed by atoms with E-state index in [2.05, 4.69) is 14.4 Å². The van der Waals surface area contributed by atoms with E-state index < -0.39 is 7.82 Å². The van der Waals surface area contributed by atoms with E-state index in [9.17, 15) is 4.57 Å². The smallest absolute Gasteiger partial charge is 0.493 e. The summed E-state index contributed by atoms with van der Waals surface area (Å²) in [6.45, 7) is 0.0707. The van der Waals surface area contributed by atoms with Crippen molar-refractivity contribution in [3.05, 3.63) is 30.5 Å². The molecule has 0 atom stereocenters. The zero-order valence-electron chi connectivity index (χ0n) is 17.7. The van der Waals surface area contributed by atoms with Crippen molar-refractivity contribution in [2.45, 2.75) is 0 Å². The molecule has 3 aromatic rings. The molecule has 0 spiro atoms. The Morgan fingerprint density at radius 1 is 0.909 bits per heavy atom. The second-order valence-electron chi connectivity index (χ2n) is 6.44. The molecule has 2 aromatic carbocycles. The number of nitrogens with two attached hydrogens (primary N) is 2. The van der Waals surface area contributed by atoms with E-state index in [0.29, 0.717) is 39.7 Å². The Bertz CT molecular complexity index is 1210. The Labute approximate surface area is 187 Å². The van der Waals surface area contributed by atoms with Crippen LogP contribution < -0.4 is 40.0 Å². The fraction of sp³-hybridized carbons (Fsp3) is 0.211. The lowest BCUT2D eigenvalue weighted by Crippen LogP contribution is -2.10. The van der Waals surface area contributed by atoms with E-state index in [0.717, 1.165) is 0 Å². The molecule has 0 bridgehead atoms. The highest BCUT2D eigenvalue weighted by molar-refractivity contribution is 7.48. The van der Waals surface area contributed by atoms with Crippen molar-refractivity contribution in [2.24, 2.45) is 11.8 Å². The first-order chi connectivity index (χ1) is 16.0. The largest absolute Gasteiger partial charge is 0.563 e. The quantitative estimate of drug-likeness (QED) is 0.338. The van der Waals surface area contributed by atoms with Crippen LogP contribution in [0.25, 0.3) is 22.5 Å². The first-order valence-electron chi connectivity index (χ1n) is 9.22. The Balaban J connectivity index is 1.84. The predicted octanol–water partition coefficient (Wildman–Crippen LogP) is 3.03. The summed E-state index contributed by atoms with van der Waals surface area (Å²) in [5, 5.41) is 3.91. The number of rotatable bonds is 9. The zero-order chi connectivity index (χ0) is 23.6. The van der Waals surface area contributed by atoms with Crippen molar-refractivity contribution in [1.82, 2.24) is 5.16 Å². The van der Waals surface area contributed by atoms with Gasteiger partial charge in [-0.1, -0.05) is 5.16 Å². The van der Waals surface area contributed by atoms with Gasteiger partial charge in [-0.3, -0.25) is 0 Å². The van der Waals surface area contributed by atoms with Gasteiger partial charge in [0.25, 0.3) is 0 Å². The molecule has 0 radical (unpaired) electrons. The molecule has 33 heavy (non-hydrogen) atoms. The van der Waals surface area contributed by atoms with Crippen LogP contribution in [0.15, 0.2) is 35.0 Å². The van der Waals surface area contributed by atoms with Gasteiger partial charge >= 0.3 is 7.82 Å². The number of phosphoric acid groups is 1. The first kappa shape index (κ1) is 22.7. The van der Waals surface area contributed by atoms with Gasteiger partial charge in [0.1, 0.15) is 0 Å². The number of fused-ring (bicyclic) bond motifs is 1. The van der Waals surface area contributed by atoms with Crippen molar-refractivity contribution < 1.29 is 46.5 Å². The summed E-state index contributed by atoms with van der Waals surface area (Å²) in [5.41, 5.74) is 1.62. The monoisotopic (exact) mass is 481 g/mol. The molecule has 0 saturated carbocycles. The number of nitrogens with zero attached hydrogens (tertiary/aromatic N) is 1. The van der Waals surface area contributed by atoms with Gasteiger partial charge < -0.3 is 32.7 Å². The Kier molecular flexibility index (Phi) is 6.31. The third kappa shape index (κ3) is 4.15. The van der Waals surface area contributed by atoms with Crippen LogP contribution in [0, 0.1) is 0 Å². The minimum Gasteiger partial charge on any atom is -0.493 e. The van der Waals surface area contributed by atoms with Crippen LogP contribution in [0.4, 0.5) is 0 Å². The molecular formula is C19H20N3O10P. The number of hydrogen-bond donors (Lipinski definition) is 2. The van der Waals surface area contributed by atoms with E-state index in [1.807, 2.05) is 0 Å². The van der Waals surface area contributed by atoms with Gasteiger partial charge in [0.15, 0.2) is 28.8 Å². The summed E-state index contributed by atoms with van der Waals surface area (Å²) in [7, 11) is -0.0301. The molecule has 0 aliphatic carbocycles. The highest BCUT2D eigenvalue weighted by Crippen LogP contribution is 2.53. The summed E-state index contributed by atoms with van der Waals surface area (Å²) in [6, 6.07) is 6.57. The van der Waals surface area contributed by atoms with E-state index in [1.165, 1.54) is 33.6 Å². The molecule has 14 heteroatoms. The number of aromatic nitrogens is 1. The summed E-state index contributed by atoms with van der Waals surface area (Å²) >= 11 is 0. The molecule has 1 aromatic heterocycles. The molecule has 0 fully saturated rings. The topological polar surface area (TPSA) is 169 Å². The van der Waals surface area contributed by atoms with Gasteiger partial charge in [-0.2, -0.15) is 9.25 Å². The standard InChI is InChI=1S/C19H20N3O10P/c1-24-13-4-10(5-16(18(13)26-3)30-33(23,31-20)32-21)12-8-22-29-17(12)11-6-14(25-2)19-15(7-11)27-9-28-19/h4-8H,9,20-21H2,1-3H3. The minimum atomic E-state index is -4.33. The van der Waals surface area contributed by atoms with Gasteiger partial charge in [-0.15, -0.1) is 0 Å². The van der Waals surface area contributed by atoms with Crippen molar-refractivity contribution in [2.75, 3.05) is 28.1 Å². The van der Waals surface area contributed by atoms with Crippen LogP contribution in [0.2, 0.25) is 0 Å². The average molecular weight is 481 g/mol. The third-order valence-corrected chi connectivity index (χ3v) is 5.65. The number of methoxy groups -OCH3 is 3. The molecule has 4 rings (SSSR count). The number of benzene rings is 2. The molecular weight excluding hydrogens is 461 g/mol. The molecule has 1 aliphatic rings. The minimum absolute atomic E-state index is 0.0707. The summed E-state index contributed by atoms with van der Waals surface area (Å²) in [5.74, 6) is 12.1. The maximum absolute atomic E-state index is 12.4. The second-order valence-corrected chi connectivity index (χ2v) is 7.94. The van der Waals surface area contributed by atoms with E-state index in [4.69, 9.17) is 44.5 Å². The van der Waals surface area contributed by atoms with Crippen LogP contribution >= 0.6 is 7.82 Å². The van der Waals surface area contributed by atoms with E-state index >= 15 is 0 Å². The van der Waals surface area contributed by atoms with Gasteiger partial charge in [0.05, 0.1) is 27.5 Å². The normalized spacial score (nSPS) is 12.5. The van der Waals surface area contributed by atoms with Crippen LogP contribution in [-0.4, -0.2) is 33.3 Å². The van der Waals surface area contributed by atoms with Crippen LogP contribution in [0.1, 0.15) is 0 Å². The van der Waals surface area contributed by atoms with Gasteiger partial charge in [-0.25, -0.2) is 16.4 Å². The summed E-state index contributed by atoms with van der Waals surface area (Å²) in [4.78, 5) is 0. The lowest BCUT2D eigenvalue weighted by Gasteiger charge is -2.18. The van der Waals surface area contributed by atoms with Crippen molar-refractivity contribution in [1.29, 1.82) is 0 Å². The molecule has 0 saturated heterocycles. The Morgan fingerprint density at radius 2 is 1.61 bits per heavy atom. The Hall–Kier alpha value is -3.48. The fourth-order valence-electron chi connectivity index (χ4n) is 3.26. The summed E-state index contributed by atoms with van der Waals surface area (Å²) < 4.78 is 58.8. The highest BCUT2D eigenvalue weighted by Gasteiger charge is 2.31. The van der Waals surface area contributed by atoms with E-state index in [-0.39, 0.29) is 24.0 Å². The lowest BCUT2D eigenvalue weighted by molar-refractivity contribution is 0.157. The van der Waals surface area contributed by atoms with Gasteiger partial charge in [-0.05, 0) is 29.8 Å². The van der Waals surface area contributed by atoms with Gasteiger partial charge in [0.2, 0.25) is 18.3 Å². The van der Waals surface area contributed by atoms with Crippen LogP contribution in [0.3, 0.4) is 0 Å². The average Bonchev–Trinajstić information content (AvgIpc) is 3.52. The molecule has 1 aliphatic heterocycles. The van der Waals surface area contributed by atoms with Crippen molar-refractivity contribution >= 4 is 7.82 Å². The first-order valence-corrected chi connectivity index (χ1v) is 10.7. The van der Waals surface area contributed by atoms with Gasteiger partial charge in [0, 0.05) is 11.1 Å². The molecule has 0 unspecified atom stereocenters. The maximum atomic E-state index is 12.4. The van der Waals surface area contributed by atoms with Crippen molar-refractivity contribution in [3.8, 4) is 56.9 Å². The van der Waals surface area contributed by atoms with Crippen molar-refractivity contribution in [3.63, 3.8) is 0 Å². The summed E-state index contributed by atoms with van der Waals surface area (Å²) in [6.07, 6.45) is 1.48. The highest BCUT2D eigenvalue weighted by atomic mass is 31.2. The number of hydrogen-bond acceptors (Lipinski definition) is 13. The second kappa shape index (κ2) is 9.17. The number of ether oxygens (including phenoxy) is 5. The zero-order valence-corrected chi connectivity index (χ0v) is 18.6. The molecule has 176 valence electrons. The van der Waals surface area contributed by atoms with Crippen LogP contribution in [-0.2, 0) is 13.8 Å². The molecule has 13 nitrogen and oxygen atoms in total. The molecule has 0 amide bonds. The SMILES string of the molecule is COc1cc(-c2cnoc2-c2cc(OC)c3c(c2)OCO3)cc(OP(=O)(ON)ON)c1OC. The third-order valence-electron chi connectivity index (χ3n) is 4.72. The van der Waals surface area contributed by atoms with E-state index in [1.54, 1.807) is 18.2 Å². The fourth-order valence-corrected chi connectivity index (χ4v) is 3.77.